The van der Waals surface area contributed by atoms with Gasteiger partial charge in [-0.25, -0.2) is 0 Å². The van der Waals surface area contributed by atoms with E-state index in [1.165, 1.54) is 17.8 Å². The molecule has 0 aliphatic carbocycles. The van der Waals surface area contributed by atoms with E-state index in [-0.39, 0.29) is 18.2 Å². The number of hydrogen-bond acceptors (Lipinski definition) is 3. The van der Waals surface area contributed by atoms with E-state index in [0.717, 1.165) is 15.7 Å². The van der Waals surface area contributed by atoms with Crippen LogP contribution in [0, 0.1) is 6.92 Å². The molecule has 0 unspecified atom stereocenters. The first-order chi connectivity index (χ1) is 9.90. The van der Waals surface area contributed by atoms with Gasteiger partial charge in [-0.2, -0.15) is 5.10 Å². The van der Waals surface area contributed by atoms with E-state index in [9.17, 15) is 9.59 Å². The number of nitrogens with zero attached hydrogens (tertiary/aromatic N) is 3. The van der Waals surface area contributed by atoms with Crippen LogP contribution >= 0.6 is 15.9 Å². The van der Waals surface area contributed by atoms with Gasteiger partial charge in [-0.05, 0) is 43.7 Å². The Morgan fingerprint density at radius 2 is 2.05 bits per heavy atom. The molecule has 6 heteroatoms. The summed E-state index contributed by atoms with van der Waals surface area (Å²) in [4.78, 5) is 25.4. The second-order valence-corrected chi connectivity index (χ2v) is 5.79. The van der Waals surface area contributed by atoms with Crippen LogP contribution < -0.4 is 4.90 Å². The fraction of sp³-hybridized carbons (Fsp3) is 0.267. The van der Waals surface area contributed by atoms with Gasteiger partial charge in [-0.1, -0.05) is 15.9 Å². The first-order valence-electron chi connectivity index (χ1n) is 6.45. The lowest BCUT2D eigenvalue weighted by Gasteiger charge is -2.20. The monoisotopic (exact) mass is 349 g/mol. The molecule has 1 amide bonds. The lowest BCUT2D eigenvalue weighted by atomic mass is 10.2. The predicted molar refractivity (Wildman–Crippen MR) is 84.5 cm³/mol. The number of carbonyl (C=O) groups excluding carboxylic acids is 2. The Hall–Kier alpha value is -1.95. The van der Waals surface area contributed by atoms with Crippen molar-refractivity contribution in [3.05, 3.63) is 46.2 Å². The number of anilines is 1. The Labute approximate surface area is 131 Å². The van der Waals surface area contributed by atoms with Gasteiger partial charge >= 0.3 is 0 Å². The number of amides is 1. The first kappa shape index (κ1) is 15.4. The number of rotatable bonds is 4. The minimum atomic E-state index is -0.195. The van der Waals surface area contributed by atoms with Crippen LogP contribution in [0.3, 0.4) is 0 Å². The van der Waals surface area contributed by atoms with Gasteiger partial charge < -0.3 is 4.90 Å². The van der Waals surface area contributed by atoms with Crippen LogP contribution in [0.25, 0.3) is 0 Å². The lowest BCUT2D eigenvalue weighted by Crippen LogP contribution is -2.30. The summed E-state index contributed by atoms with van der Waals surface area (Å²) >= 11 is 3.40. The number of carbonyl (C=O) groups is 2. The van der Waals surface area contributed by atoms with Crippen molar-refractivity contribution in [2.75, 3.05) is 11.9 Å². The standard InChI is InChI=1S/C15H16BrN3O2/c1-10-8-12(16)4-5-13(10)18(3)15(21)14-6-7-17-19(14)9-11(2)20/h4-8H,9H2,1-3H3. The maximum absolute atomic E-state index is 12.6. The Morgan fingerprint density at radius 1 is 1.33 bits per heavy atom. The predicted octanol–water partition coefficient (Wildman–Crippen LogP) is 2.82. The first-order valence-corrected chi connectivity index (χ1v) is 7.25. The maximum Gasteiger partial charge on any atom is 0.276 e. The van der Waals surface area contributed by atoms with Gasteiger partial charge in [0.1, 0.15) is 12.2 Å². The largest absolute Gasteiger partial charge is 0.310 e. The van der Waals surface area contributed by atoms with E-state index in [4.69, 9.17) is 0 Å². The molecule has 0 bridgehead atoms. The van der Waals surface area contributed by atoms with Crippen LogP contribution in [0.5, 0.6) is 0 Å². The topological polar surface area (TPSA) is 55.2 Å². The van der Waals surface area contributed by atoms with Gasteiger partial charge in [0.25, 0.3) is 5.91 Å². The molecule has 1 heterocycles. The van der Waals surface area contributed by atoms with Crippen LogP contribution in [0.2, 0.25) is 0 Å². The molecule has 0 atom stereocenters. The minimum absolute atomic E-state index is 0.0461. The summed E-state index contributed by atoms with van der Waals surface area (Å²) in [6.07, 6.45) is 1.53. The zero-order chi connectivity index (χ0) is 15.6. The van der Waals surface area contributed by atoms with Crippen molar-refractivity contribution in [3.8, 4) is 0 Å². The molecule has 21 heavy (non-hydrogen) atoms. The number of aromatic nitrogens is 2. The third-order valence-electron chi connectivity index (χ3n) is 3.13. The van der Waals surface area contributed by atoms with Crippen molar-refractivity contribution in [2.24, 2.45) is 0 Å². The van der Waals surface area contributed by atoms with Crippen molar-refractivity contribution in [1.82, 2.24) is 9.78 Å². The molecule has 1 aromatic carbocycles. The van der Waals surface area contributed by atoms with E-state index in [2.05, 4.69) is 21.0 Å². The Kier molecular flexibility index (Phi) is 4.57. The Morgan fingerprint density at radius 3 is 2.67 bits per heavy atom. The zero-order valence-corrected chi connectivity index (χ0v) is 13.7. The molecule has 0 saturated heterocycles. The summed E-state index contributed by atoms with van der Waals surface area (Å²) in [5.41, 5.74) is 2.20. The normalized spacial score (nSPS) is 10.5. The van der Waals surface area contributed by atoms with Gasteiger partial charge in [0.15, 0.2) is 5.78 Å². The quantitative estimate of drug-likeness (QED) is 0.852. The average molecular weight is 350 g/mol. The molecule has 0 spiro atoms. The van der Waals surface area contributed by atoms with E-state index in [1.807, 2.05) is 25.1 Å². The molecule has 0 saturated carbocycles. The molecule has 0 fully saturated rings. The Balaban J connectivity index is 2.31. The molecule has 2 rings (SSSR count). The Bertz CT molecular complexity index is 694. The molecule has 0 aliphatic rings. The molecule has 2 aromatic rings. The molecule has 0 N–H and O–H groups in total. The van der Waals surface area contributed by atoms with Crippen LogP contribution in [0.15, 0.2) is 34.9 Å². The average Bonchev–Trinajstić information content (AvgIpc) is 2.84. The highest BCUT2D eigenvalue weighted by molar-refractivity contribution is 9.10. The molecular formula is C15H16BrN3O2. The van der Waals surface area contributed by atoms with Crippen molar-refractivity contribution in [3.63, 3.8) is 0 Å². The summed E-state index contributed by atoms with van der Waals surface area (Å²) in [6.45, 7) is 3.51. The van der Waals surface area contributed by atoms with Crippen molar-refractivity contribution < 1.29 is 9.59 Å². The number of aryl methyl sites for hydroxylation is 1. The lowest BCUT2D eigenvalue weighted by molar-refractivity contribution is -0.117. The van der Waals surface area contributed by atoms with E-state index in [1.54, 1.807) is 18.0 Å². The van der Waals surface area contributed by atoms with Crippen LogP contribution in [0.4, 0.5) is 5.69 Å². The summed E-state index contributed by atoms with van der Waals surface area (Å²) in [5, 5.41) is 4.03. The fourth-order valence-corrected chi connectivity index (χ4v) is 2.60. The summed E-state index contributed by atoms with van der Waals surface area (Å²) in [6, 6.07) is 7.34. The number of Topliss-reactive ketones (excluding diaryl/α,β-unsaturated/α-hetero) is 1. The fourth-order valence-electron chi connectivity index (χ4n) is 2.13. The summed E-state index contributed by atoms with van der Waals surface area (Å²) in [7, 11) is 1.71. The van der Waals surface area contributed by atoms with Gasteiger partial charge in [0.05, 0.1) is 0 Å². The molecule has 0 aliphatic heterocycles. The third kappa shape index (κ3) is 3.39. The summed E-state index contributed by atoms with van der Waals surface area (Å²) in [5.74, 6) is -0.241. The minimum Gasteiger partial charge on any atom is -0.310 e. The SMILES string of the molecule is CC(=O)Cn1nccc1C(=O)N(C)c1ccc(Br)cc1C. The highest BCUT2D eigenvalue weighted by Crippen LogP contribution is 2.24. The van der Waals surface area contributed by atoms with Crippen LogP contribution in [0.1, 0.15) is 23.0 Å². The van der Waals surface area contributed by atoms with Gasteiger partial charge in [-0.3, -0.25) is 14.3 Å². The molecule has 1 aromatic heterocycles. The number of halogens is 1. The van der Waals surface area contributed by atoms with Crippen molar-refractivity contribution in [1.29, 1.82) is 0 Å². The van der Waals surface area contributed by atoms with Gasteiger partial charge in [0, 0.05) is 23.4 Å². The molecule has 110 valence electrons. The van der Waals surface area contributed by atoms with Crippen LogP contribution in [-0.4, -0.2) is 28.5 Å². The van der Waals surface area contributed by atoms with E-state index >= 15 is 0 Å². The highest BCUT2D eigenvalue weighted by Gasteiger charge is 2.19. The molecule has 0 radical (unpaired) electrons. The highest BCUT2D eigenvalue weighted by atomic mass is 79.9. The number of hydrogen-bond donors (Lipinski definition) is 0. The summed E-state index contributed by atoms with van der Waals surface area (Å²) < 4.78 is 2.39. The van der Waals surface area contributed by atoms with Crippen molar-refractivity contribution in [2.45, 2.75) is 20.4 Å². The van der Waals surface area contributed by atoms with E-state index < -0.39 is 0 Å². The molecule has 5 nitrogen and oxygen atoms in total. The van der Waals surface area contributed by atoms with Crippen molar-refractivity contribution >= 4 is 33.3 Å². The smallest absolute Gasteiger partial charge is 0.276 e. The third-order valence-corrected chi connectivity index (χ3v) is 3.63. The van der Waals surface area contributed by atoms with Gasteiger partial charge in [0.2, 0.25) is 0 Å². The number of benzene rings is 1. The number of ketones is 1. The second-order valence-electron chi connectivity index (χ2n) is 4.87. The molecular weight excluding hydrogens is 334 g/mol. The zero-order valence-electron chi connectivity index (χ0n) is 12.1. The van der Waals surface area contributed by atoms with E-state index in [0.29, 0.717) is 5.69 Å². The maximum atomic E-state index is 12.6. The van der Waals surface area contributed by atoms with Gasteiger partial charge in [-0.15, -0.1) is 0 Å². The van der Waals surface area contributed by atoms with Crippen LogP contribution in [-0.2, 0) is 11.3 Å². The second kappa shape index (κ2) is 6.22.